The fraction of sp³-hybridized carbons (Fsp3) is 0.522. The minimum absolute atomic E-state index is 0.370. The molecule has 6 nitrogen and oxygen atoms in total. The van der Waals surface area contributed by atoms with Crippen LogP contribution in [0.4, 0.5) is 9.18 Å². The number of nitrogens with one attached hydrogen (secondary N) is 2. The van der Waals surface area contributed by atoms with Crippen LogP contribution in [0, 0.1) is 5.82 Å². The quantitative estimate of drug-likeness (QED) is 0.522. The van der Waals surface area contributed by atoms with E-state index in [4.69, 9.17) is 4.74 Å². The first-order valence-electron chi connectivity index (χ1n) is 10.7. The van der Waals surface area contributed by atoms with Crippen molar-refractivity contribution in [2.45, 2.75) is 63.2 Å². The number of hydrogen-bond donors (Lipinski definition) is 2. The second kappa shape index (κ2) is 10.4. The predicted octanol–water partition coefficient (Wildman–Crippen LogP) is 3.90. The molecule has 1 fully saturated rings. The highest BCUT2D eigenvalue weighted by Gasteiger charge is 2.44. The van der Waals surface area contributed by atoms with Crippen LogP contribution in [0.2, 0.25) is 0 Å². The van der Waals surface area contributed by atoms with Gasteiger partial charge in [0.25, 0.3) is 5.91 Å². The summed E-state index contributed by atoms with van der Waals surface area (Å²) in [6.45, 7) is -0.0707. The number of amides is 3. The van der Waals surface area contributed by atoms with Gasteiger partial charge in [-0.25, -0.2) is 9.18 Å². The standard InChI is InChI=1S/C23H29FN2O4/c24-19-10-8-18(9-11-19)23(13-4-5-14-23)21(28)30-16-20(27)26-22(29)25-15-12-17-6-2-1-3-7-17/h6,8-11H,1-5,7,12-16H2,(H2,25,26,27,29). The number of allylic oxidation sites excluding steroid dienone is 1. The Morgan fingerprint density at radius 3 is 2.43 bits per heavy atom. The largest absolute Gasteiger partial charge is 0.455 e. The fourth-order valence-electron chi connectivity index (χ4n) is 4.30. The Balaban J connectivity index is 1.44. The summed E-state index contributed by atoms with van der Waals surface area (Å²) in [5.74, 6) is -1.55. The molecule has 2 N–H and O–H groups in total. The molecule has 162 valence electrons. The van der Waals surface area contributed by atoms with Gasteiger partial charge in [-0.3, -0.25) is 14.9 Å². The molecule has 2 aliphatic rings. The van der Waals surface area contributed by atoms with Crippen molar-refractivity contribution >= 4 is 17.9 Å². The van der Waals surface area contributed by atoms with E-state index in [0.717, 1.165) is 32.1 Å². The minimum atomic E-state index is -0.857. The normalized spacial score (nSPS) is 17.7. The van der Waals surface area contributed by atoms with E-state index >= 15 is 0 Å². The molecule has 0 bridgehead atoms. The van der Waals surface area contributed by atoms with Gasteiger partial charge in [0.05, 0.1) is 5.41 Å². The molecule has 1 saturated carbocycles. The van der Waals surface area contributed by atoms with Crippen molar-refractivity contribution < 1.29 is 23.5 Å². The van der Waals surface area contributed by atoms with Crippen LogP contribution in [0.1, 0.15) is 63.4 Å². The molecule has 0 spiro atoms. The van der Waals surface area contributed by atoms with E-state index in [1.165, 1.54) is 30.5 Å². The second-order valence-corrected chi connectivity index (χ2v) is 8.03. The molecule has 0 radical (unpaired) electrons. The van der Waals surface area contributed by atoms with Gasteiger partial charge in [0.2, 0.25) is 0 Å². The van der Waals surface area contributed by atoms with Crippen molar-refractivity contribution in [3.05, 3.63) is 47.3 Å². The zero-order valence-corrected chi connectivity index (χ0v) is 17.2. The zero-order chi connectivity index (χ0) is 21.4. The van der Waals surface area contributed by atoms with Crippen molar-refractivity contribution in [3.63, 3.8) is 0 Å². The summed E-state index contributed by atoms with van der Waals surface area (Å²) in [6.07, 6.45) is 10.4. The van der Waals surface area contributed by atoms with Crippen LogP contribution < -0.4 is 10.6 Å². The van der Waals surface area contributed by atoms with Crippen LogP contribution in [0.25, 0.3) is 0 Å². The summed E-state index contributed by atoms with van der Waals surface area (Å²) in [7, 11) is 0. The number of ether oxygens (including phenoxy) is 1. The van der Waals surface area contributed by atoms with Crippen LogP contribution in [0.3, 0.4) is 0 Å². The van der Waals surface area contributed by atoms with Gasteiger partial charge in [-0.1, -0.05) is 36.6 Å². The molecule has 30 heavy (non-hydrogen) atoms. The highest BCUT2D eigenvalue weighted by Crippen LogP contribution is 2.42. The zero-order valence-electron chi connectivity index (χ0n) is 17.2. The average molecular weight is 416 g/mol. The van der Waals surface area contributed by atoms with Gasteiger partial charge < -0.3 is 10.1 Å². The molecular formula is C23H29FN2O4. The fourth-order valence-corrected chi connectivity index (χ4v) is 4.30. The smallest absolute Gasteiger partial charge is 0.321 e. The van der Waals surface area contributed by atoms with Crippen LogP contribution in [0.15, 0.2) is 35.9 Å². The van der Waals surface area contributed by atoms with Gasteiger partial charge in [0, 0.05) is 6.54 Å². The van der Waals surface area contributed by atoms with E-state index in [1.54, 1.807) is 12.1 Å². The Bertz CT molecular complexity index is 798. The number of halogens is 1. The Morgan fingerprint density at radius 2 is 1.77 bits per heavy atom. The van der Waals surface area contributed by atoms with Crippen LogP contribution in [-0.4, -0.2) is 31.1 Å². The van der Waals surface area contributed by atoms with Crippen molar-refractivity contribution in [3.8, 4) is 0 Å². The van der Waals surface area contributed by atoms with E-state index in [9.17, 15) is 18.8 Å². The predicted molar refractivity (Wildman–Crippen MR) is 110 cm³/mol. The monoisotopic (exact) mass is 416 g/mol. The summed E-state index contributed by atoms with van der Waals surface area (Å²) in [6, 6.07) is 5.24. The molecule has 1 aromatic carbocycles. The molecule has 2 aliphatic carbocycles. The number of benzene rings is 1. The maximum absolute atomic E-state index is 13.3. The van der Waals surface area contributed by atoms with Crippen LogP contribution in [-0.2, 0) is 19.7 Å². The van der Waals surface area contributed by atoms with Gasteiger partial charge in [-0.05, 0) is 62.6 Å². The molecule has 7 heteroatoms. The first-order chi connectivity index (χ1) is 14.5. The molecule has 1 aromatic rings. The molecule has 0 heterocycles. The first-order valence-corrected chi connectivity index (χ1v) is 10.7. The molecule has 3 rings (SSSR count). The van der Waals surface area contributed by atoms with Crippen LogP contribution in [0.5, 0.6) is 0 Å². The van der Waals surface area contributed by atoms with Crippen molar-refractivity contribution in [1.82, 2.24) is 10.6 Å². The Hall–Kier alpha value is -2.70. The summed E-state index contributed by atoms with van der Waals surface area (Å²) in [5.41, 5.74) is 1.18. The molecule has 0 aromatic heterocycles. The highest BCUT2D eigenvalue weighted by molar-refractivity contribution is 5.96. The van der Waals surface area contributed by atoms with Crippen molar-refractivity contribution in [2.24, 2.45) is 0 Å². The molecule has 0 unspecified atom stereocenters. The Kier molecular flexibility index (Phi) is 7.60. The third kappa shape index (κ3) is 5.68. The maximum Gasteiger partial charge on any atom is 0.321 e. The third-order valence-electron chi connectivity index (χ3n) is 5.95. The summed E-state index contributed by atoms with van der Waals surface area (Å²) in [5, 5.41) is 4.84. The number of urea groups is 1. The molecular weight excluding hydrogens is 387 g/mol. The van der Waals surface area contributed by atoms with Gasteiger partial charge in [0.15, 0.2) is 6.61 Å². The SMILES string of the molecule is O=C(COC(=O)C1(c2ccc(F)cc2)CCCC1)NC(=O)NCCC1=CCCCC1. The van der Waals surface area contributed by atoms with Crippen LogP contribution >= 0.6 is 0 Å². The van der Waals surface area contributed by atoms with E-state index in [-0.39, 0.29) is 5.82 Å². The topological polar surface area (TPSA) is 84.5 Å². The first kappa shape index (κ1) is 22.0. The lowest BCUT2D eigenvalue weighted by Crippen LogP contribution is -2.43. The minimum Gasteiger partial charge on any atom is -0.455 e. The lowest BCUT2D eigenvalue weighted by Gasteiger charge is -2.27. The number of carbonyl (C=O) groups excluding carboxylic acids is 3. The van der Waals surface area contributed by atoms with Gasteiger partial charge >= 0.3 is 12.0 Å². The third-order valence-corrected chi connectivity index (χ3v) is 5.95. The van der Waals surface area contributed by atoms with Gasteiger partial charge in [-0.2, -0.15) is 0 Å². The van der Waals surface area contributed by atoms with Gasteiger partial charge in [0.1, 0.15) is 5.82 Å². The lowest BCUT2D eigenvalue weighted by atomic mass is 9.79. The summed E-state index contributed by atoms with van der Waals surface area (Å²) < 4.78 is 18.5. The van der Waals surface area contributed by atoms with E-state index < -0.39 is 29.9 Å². The van der Waals surface area contributed by atoms with E-state index in [2.05, 4.69) is 16.7 Å². The Labute approximate surface area is 176 Å². The van der Waals surface area contributed by atoms with E-state index in [0.29, 0.717) is 24.9 Å². The molecule has 0 saturated heterocycles. The number of rotatable bonds is 7. The molecule has 3 amide bonds. The number of imide groups is 1. The number of esters is 1. The Morgan fingerprint density at radius 1 is 1.03 bits per heavy atom. The van der Waals surface area contributed by atoms with Crippen molar-refractivity contribution in [2.75, 3.05) is 13.2 Å². The second-order valence-electron chi connectivity index (χ2n) is 8.03. The molecule has 0 atom stereocenters. The summed E-state index contributed by atoms with van der Waals surface area (Å²) >= 11 is 0. The molecule has 0 aliphatic heterocycles. The van der Waals surface area contributed by atoms with Crippen molar-refractivity contribution in [1.29, 1.82) is 0 Å². The highest BCUT2D eigenvalue weighted by atomic mass is 19.1. The number of carbonyl (C=O) groups is 3. The number of hydrogen-bond acceptors (Lipinski definition) is 4. The summed E-state index contributed by atoms with van der Waals surface area (Å²) in [4.78, 5) is 36.7. The average Bonchev–Trinajstić information content (AvgIpc) is 3.24. The maximum atomic E-state index is 13.3. The van der Waals surface area contributed by atoms with Gasteiger partial charge in [-0.15, -0.1) is 0 Å². The lowest BCUT2D eigenvalue weighted by molar-refractivity contribution is -0.154. The van der Waals surface area contributed by atoms with E-state index in [1.807, 2.05) is 0 Å².